The molecule has 0 bridgehead atoms. The lowest BCUT2D eigenvalue weighted by Crippen LogP contribution is -2.30. The van der Waals surface area contributed by atoms with Crippen LogP contribution in [0.1, 0.15) is 17.5 Å². The van der Waals surface area contributed by atoms with Gasteiger partial charge in [-0.25, -0.2) is 5.43 Å². The molecule has 0 aliphatic carbocycles. The highest BCUT2D eigenvalue weighted by Crippen LogP contribution is 2.26. The first-order valence-electron chi connectivity index (χ1n) is 7.98. The van der Waals surface area contributed by atoms with Crippen LogP contribution in [-0.2, 0) is 9.59 Å². The fraction of sp³-hybridized carbons (Fsp3) is 0.211. The molecule has 1 heterocycles. The van der Waals surface area contributed by atoms with Gasteiger partial charge in [-0.15, -0.1) is 0 Å². The van der Waals surface area contributed by atoms with Gasteiger partial charge in [-0.05, 0) is 36.8 Å². The topological polar surface area (TPSA) is 61.8 Å². The van der Waals surface area contributed by atoms with Crippen LogP contribution in [0.4, 0.5) is 5.69 Å². The summed E-state index contributed by atoms with van der Waals surface area (Å²) in [4.78, 5) is 26.1. The summed E-state index contributed by atoms with van der Waals surface area (Å²) in [7, 11) is 0. The summed E-state index contributed by atoms with van der Waals surface area (Å²) in [6.45, 7) is 2.38. The largest absolute Gasteiger partial charge is 0.312 e. The van der Waals surface area contributed by atoms with E-state index in [-0.39, 0.29) is 18.2 Å². The average molecular weight is 400 g/mol. The zero-order valence-corrected chi connectivity index (χ0v) is 15.4. The Kier molecular flexibility index (Phi) is 5.28. The molecule has 1 atom stereocenters. The van der Waals surface area contributed by atoms with Gasteiger partial charge >= 0.3 is 0 Å². The Labute approximate surface area is 154 Å². The van der Waals surface area contributed by atoms with E-state index in [0.29, 0.717) is 6.54 Å². The molecule has 3 rings (SSSR count). The lowest BCUT2D eigenvalue weighted by molar-refractivity contribution is -0.126. The molecule has 1 fully saturated rings. The molecule has 1 N–H and O–H groups in total. The second-order valence-corrected chi connectivity index (χ2v) is 6.94. The number of nitrogens with one attached hydrogen (secondary N) is 1. The van der Waals surface area contributed by atoms with Crippen LogP contribution < -0.4 is 10.3 Å². The third-order valence-electron chi connectivity index (χ3n) is 4.10. The van der Waals surface area contributed by atoms with E-state index < -0.39 is 5.92 Å². The Bertz CT molecular complexity index is 800. The standard InChI is InChI=1S/C19H18BrN3O2/c1-13-2-4-14(5-3-13)11-21-22-19(25)15-10-18(24)23(12-15)17-8-6-16(20)7-9-17/h2-9,11,15H,10,12H2,1H3,(H,22,25)/b21-11-/t15-/m0/s1. The monoisotopic (exact) mass is 399 g/mol. The van der Waals surface area contributed by atoms with Gasteiger partial charge < -0.3 is 4.90 Å². The van der Waals surface area contributed by atoms with Gasteiger partial charge in [0.1, 0.15) is 0 Å². The first kappa shape index (κ1) is 17.4. The highest BCUT2D eigenvalue weighted by Gasteiger charge is 2.35. The number of halogens is 1. The van der Waals surface area contributed by atoms with Crippen LogP contribution in [-0.4, -0.2) is 24.6 Å². The van der Waals surface area contributed by atoms with E-state index in [0.717, 1.165) is 15.7 Å². The molecule has 0 radical (unpaired) electrons. The number of anilines is 1. The van der Waals surface area contributed by atoms with Crippen molar-refractivity contribution in [1.29, 1.82) is 0 Å². The van der Waals surface area contributed by atoms with Crippen LogP contribution in [0.3, 0.4) is 0 Å². The summed E-state index contributed by atoms with van der Waals surface area (Å²) >= 11 is 3.37. The minimum absolute atomic E-state index is 0.0509. The van der Waals surface area contributed by atoms with E-state index in [9.17, 15) is 9.59 Å². The van der Waals surface area contributed by atoms with E-state index in [1.54, 1.807) is 11.1 Å². The lowest BCUT2D eigenvalue weighted by atomic mass is 10.1. The van der Waals surface area contributed by atoms with Crippen molar-refractivity contribution in [3.63, 3.8) is 0 Å². The summed E-state index contributed by atoms with van der Waals surface area (Å²) < 4.78 is 0.947. The van der Waals surface area contributed by atoms with Crippen molar-refractivity contribution >= 4 is 39.6 Å². The molecule has 6 heteroatoms. The summed E-state index contributed by atoms with van der Waals surface area (Å²) in [6.07, 6.45) is 1.79. The van der Waals surface area contributed by atoms with Crippen LogP contribution in [0.2, 0.25) is 0 Å². The molecule has 1 saturated heterocycles. The zero-order valence-electron chi connectivity index (χ0n) is 13.8. The van der Waals surface area contributed by atoms with Gasteiger partial charge in [0.25, 0.3) is 0 Å². The molecule has 2 aromatic rings. The van der Waals surface area contributed by atoms with Crippen molar-refractivity contribution < 1.29 is 9.59 Å². The van der Waals surface area contributed by atoms with Crippen molar-refractivity contribution in [1.82, 2.24) is 5.43 Å². The molecule has 1 aliphatic rings. The number of carbonyl (C=O) groups excluding carboxylic acids is 2. The SMILES string of the molecule is Cc1ccc(/C=N\NC(=O)[C@H]2CC(=O)N(c3ccc(Br)cc3)C2)cc1. The van der Waals surface area contributed by atoms with E-state index >= 15 is 0 Å². The number of nitrogens with zero attached hydrogens (tertiary/aromatic N) is 2. The Hall–Kier alpha value is -2.47. The lowest BCUT2D eigenvalue weighted by Gasteiger charge is -2.16. The Morgan fingerprint density at radius 2 is 1.88 bits per heavy atom. The highest BCUT2D eigenvalue weighted by atomic mass is 79.9. The minimum Gasteiger partial charge on any atom is -0.312 e. The summed E-state index contributed by atoms with van der Waals surface area (Å²) in [5, 5.41) is 3.99. The quantitative estimate of drug-likeness (QED) is 0.633. The number of amides is 2. The zero-order chi connectivity index (χ0) is 17.8. The van der Waals surface area contributed by atoms with Gasteiger partial charge in [0.2, 0.25) is 11.8 Å². The van der Waals surface area contributed by atoms with Crippen LogP contribution >= 0.6 is 15.9 Å². The molecule has 0 spiro atoms. The van der Waals surface area contributed by atoms with Gasteiger partial charge in [0.05, 0.1) is 12.1 Å². The van der Waals surface area contributed by atoms with Gasteiger partial charge in [0.15, 0.2) is 0 Å². The normalized spacial score (nSPS) is 17.3. The smallest absolute Gasteiger partial charge is 0.245 e. The van der Waals surface area contributed by atoms with E-state index in [4.69, 9.17) is 0 Å². The molecule has 0 saturated carbocycles. The maximum absolute atomic E-state index is 12.3. The maximum Gasteiger partial charge on any atom is 0.245 e. The van der Waals surface area contributed by atoms with Crippen LogP contribution in [0.15, 0.2) is 58.1 Å². The van der Waals surface area contributed by atoms with Crippen LogP contribution in [0, 0.1) is 12.8 Å². The van der Waals surface area contributed by atoms with Gasteiger partial charge in [0, 0.05) is 23.1 Å². The number of hydrazone groups is 1. The Morgan fingerprint density at radius 1 is 1.20 bits per heavy atom. The molecule has 5 nitrogen and oxygen atoms in total. The van der Waals surface area contributed by atoms with Crippen molar-refractivity contribution in [2.24, 2.45) is 11.0 Å². The number of hydrogen-bond donors (Lipinski definition) is 1. The number of benzene rings is 2. The van der Waals surface area contributed by atoms with Crippen molar-refractivity contribution in [3.05, 3.63) is 64.1 Å². The second-order valence-electron chi connectivity index (χ2n) is 6.03. The van der Waals surface area contributed by atoms with Gasteiger partial charge in [-0.2, -0.15) is 5.10 Å². The molecule has 0 unspecified atom stereocenters. The van der Waals surface area contributed by atoms with E-state index in [1.807, 2.05) is 55.5 Å². The molecule has 2 aromatic carbocycles. The first-order chi connectivity index (χ1) is 12.0. The minimum atomic E-state index is -0.397. The van der Waals surface area contributed by atoms with Crippen molar-refractivity contribution in [2.45, 2.75) is 13.3 Å². The predicted molar refractivity (Wildman–Crippen MR) is 102 cm³/mol. The van der Waals surface area contributed by atoms with Gasteiger partial charge in [-0.3, -0.25) is 9.59 Å². The summed E-state index contributed by atoms with van der Waals surface area (Å²) in [6, 6.07) is 15.3. The first-order valence-corrected chi connectivity index (χ1v) is 8.78. The Balaban J connectivity index is 1.59. The van der Waals surface area contributed by atoms with Crippen molar-refractivity contribution in [2.75, 3.05) is 11.4 Å². The molecular weight excluding hydrogens is 382 g/mol. The molecule has 2 amide bonds. The van der Waals surface area contributed by atoms with Crippen LogP contribution in [0.5, 0.6) is 0 Å². The average Bonchev–Trinajstić information content (AvgIpc) is 2.99. The molecule has 0 aromatic heterocycles. The van der Waals surface area contributed by atoms with E-state index in [1.165, 1.54) is 5.56 Å². The number of hydrogen-bond acceptors (Lipinski definition) is 3. The molecule has 128 valence electrons. The summed E-state index contributed by atoms with van der Waals surface area (Å²) in [5.74, 6) is -0.687. The maximum atomic E-state index is 12.3. The number of aryl methyl sites for hydroxylation is 1. The summed E-state index contributed by atoms with van der Waals surface area (Å²) in [5.41, 5.74) is 5.40. The van der Waals surface area contributed by atoms with Crippen LogP contribution in [0.25, 0.3) is 0 Å². The molecule has 1 aliphatic heterocycles. The number of rotatable bonds is 4. The fourth-order valence-electron chi connectivity index (χ4n) is 2.67. The van der Waals surface area contributed by atoms with E-state index in [2.05, 4.69) is 26.5 Å². The second kappa shape index (κ2) is 7.61. The fourth-order valence-corrected chi connectivity index (χ4v) is 2.93. The molecule has 25 heavy (non-hydrogen) atoms. The van der Waals surface area contributed by atoms with Crippen molar-refractivity contribution in [3.8, 4) is 0 Å². The van der Waals surface area contributed by atoms with Gasteiger partial charge in [-0.1, -0.05) is 45.8 Å². The highest BCUT2D eigenvalue weighted by molar-refractivity contribution is 9.10. The third-order valence-corrected chi connectivity index (χ3v) is 4.63. The Morgan fingerprint density at radius 3 is 2.56 bits per heavy atom. The third kappa shape index (κ3) is 4.33. The molecular formula is C19H18BrN3O2. The predicted octanol–water partition coefficient (Wildman–Crippen LogP) is 3.26. The number of carbonyl (C=O) groups is 2.